The molecule has 0 bridgehead atoms. The van der Waals surface area contributed by atoms with Crippen LogP contribution in [0.2, 0.25) is 5.02 Å². The summed E-state index contributed by atoms with van der Waals surface area (Å²) in [6.45, 7) is 4.76. The van der Waals surface area contributed by atoms with Crippen molar-refractivity contribution in [2.45, 2.75) is 26.9 Å². The van der Waals surface area contributed by atoms with Gasteiger partial charge in [0.25, 0.3) is 5.91 Å². The molecule has 0 saturated carbocycles. The van der Waals surface area contributed by atoms with E-state index in [1.807, 2.05) is 42.8 Å². The van der Waals surface area contributed by atoms with E-state index in [-0.39, 0.29) is 11.7 Å². The standard InChI is InChI=1S/C20H18BrClN6O2/c1-12-18(21)13(2)28(25-12)10-15-7-8-17(30-15)19(29)24-20-23-11-27(26-20)9-14-5-3-4-6-16(14)22/h3-8,11H,9-10H2,1-2H3,(H,24,26,29). The first kappa shape index (κ1) is 20.4. The molecule has 0 fully saturated rings. The van der Waals surface area contributed by atoms with Gasteiger partial charge in [0.2, 0.25) is 5.95 Å². The van der Waals surface area contributed by atoms with Crippen LogP contribution in [0.4, 0.5) is 5.95 Å². The Bertz CT molecular complexity index is 1210. The van der Waals surface area contributed by atoms with Crippen LogP contribution in [0.1, 0.15) is 33.3 Å². The third-order valence-corrected chi connectivity index (χ3v) is 6.05. The molecule has 154 valence electrons. The van der Waals surface area contributed by atoms with Crippen LogP contribution < -0.4 is 5.32 Å². The number of amides is 1. The lowest BCUT2D eigenvalue weighted by molar-refractivity contribution is 0.0993. The molecule has 0 unspecified atom stereocenters. The molecule has 1 aromatic carbocycles. The zero-order valence-corrected chi connectivity index (χ0v) is 18.6. The molecule has 10 heteroatoms. The number of aryl methyl sites for hydroxylation is 1. The molecule has 0 aliphatic carbocycles. The molecule has 1 amide bonds. The Morgan fingerprint density at radius 1 is 1.17 bits per heavy atom. The van der Waals surface area contributed by atoms with E-state index >= 15 is 0 Å². The fourth-order valence-electron chi connectivity index (χ4n) is 2.95. The Labute approximate surface area is 186 Å². The van der Waals surface area contributed by atoms with Crippen LogP contribution in [-0.2, 0) is 13.1 Å². The summed E-state index contributed by atoms with van der Waals surface area (Å²) in [5, 5.41) is 12.0. The van der Waals surface area contributed by atoms with E-state index in [0.717, 1.165) is 21.4 Å². The molecule has 0 spiro atoms. The number of hydrogen-bond donors (Lipinski definition) is 1. The minimum Gasteiger partial charge on any atom is -0.454 e. The highest BCUT2D eigenvalue weighted by Crippen LogP contribution is 2.21. The largest absolute Gasteiger partial charge is 0.454 e. The summed E-state index contributed by atoms with van der Waals surface area (Å²) in [5.74, 6) is 0.558. The van der Waals surface area contributed by atoms with E-state index < -0.39 is 5.91 Å². The first-order valence-electron chi connectivity index (χ1n) is 9.13. The lowest BCUT2D eigenvalue weighted by atomic mass is 10.2. The van der Waals surface area contributed by atoms with Gasteiger partial charge >= 0.3 is 0 Å². The topological polar surface area (TPSA) is 90.8 Å². The van der Waals surface area contributed by atoms with Crippen LogP contribution in [0.5, 0.6) is 0 Å². The number of benzene rings is 1. The molecular formula is C20H18BrClN6O2. The van der Waals surface area contributed by atoms with E-state index in [4.69, 9.17) is 16.0 Å². The molecule has 0 aliphatic heterocycles. The highest BCUT2D eigenvalue weighted by atomic mass is 79.9. The monoisotopic (exact) mass is 488 g/mol. The molecule has 4 aromatic rings. The number of halogens is 2. The second-order valence-electron chi connectivity index (χ2n) is 6.72. The van der Waals surface area contributed by atoms with Gasteiger partial charge < -0.3 is 4.42 Å². The number of furan rings is 1. The van der Waals surface area contributed by atoms with Crippen molar-refractivity contribution in [2.75, 3.05) is 5.32 Å². The van der Waals surface area contributed by atoms with Gasteiger partial charge in [-0.2, -0.15) is 5.10 Å². The SMILES string of the molecule is Cc1nn(Cc2ccc(C(=O)Nc3ncn(Cc4ccccc4Cl)n3)o2)c(C)c1Br. The average Bonchev–Trinajstić information content (AvgIpc) is 3.42. The first-order chi connectivity index (χ1) is 14.4. The van der Waals surface area contributed by atoms with Gasteiger partial charge in [0.1, 0.15) is 12.1 Å². The second-order valence-corrected chi connectivity index (χ2v) is 7.92. The van der Waals surface area contributed by atoms with Gasteiger partial charge in [0.05, 0.1) is 29.0 Å². The Morgan fingerprint density at radius 2 is 1.97 bits per heavy atom. The number of carbonyl (C=O) groups is 1. The number of hydrogen-bond acceptors (Lipinski definition) is 5. The molecule has 4 rings (SSSR count). The summed E-state index contributed by atoms with van der Waals surface area (Å²) < 4.78 is 10.1. The van der Waals surface area contributed by atoms with Gasteiger partial charge in [0.15, 0.2) is 5.76 Å². The van der Waals surface area contributed by atoms with Crippen molar-refractivity contribution in [1.82, 2.24) is 24.5 Å². The Hall–Kier alpha value is -2.91. The molecule has 0 atom stereocenters. The maximum absolute atomic E-state index is 12.5. The van der Waals surface area contributed by atoms with Crippen LogP contribution >= 0.6 is 27.5 Å². The van der Waals surface area contributed by atoms with E-state index in [9.17, 15) is 4.79 Å². The zero-order valence-electron chi connectivity index (χ0n) is 16.3. The molecule has 30 heavy (non-hydrogen) atoms. The van der Waals surface area contributed by atoms with Crippen molar-refractivity contribution in [1.29, 1.82) is 0 Å². The lowest BCUT2D eigenvalue weighted by Gasteiger charge is -2.03. The highest BCUT2D eigenvalue weighted by Gasteiger charge is 2.16. The summed E-state index contributed by atoms with van der Waals surface area (Å²) in [4.78, 5) is 16.6. The van der Waals surface area contributed by atoms with Crippen LogP contribution in [0.15, 0.2) is 51.6 Å². The number of aromatic nitrogens is 5. The zero-order chi connectivity index (χ0) is 21.3. The quantitative estimate of drug-likeness (QED) is 0.432. The molecule has 1 N–H and O–H groups in total. The van der Waals surface area contributed by atoms with Gasteiger partial charge in [0, 0.05) is 5.02 Å². The number of carbonyl (C=O) groups excluding carboxylic acids is 1. The summed E-state index contributed by atoms with van der Waals surface area (Å²) in [5.41, 5.74) is 2.80. The van der Waals surface area contributed by atoms with Crippen molar-refractivity contribution in [3.8, 4) is 0 Å². The van der Waals surface area contributed by atoms with E-state index in [1.165, 1.54) is 6.33 Å². The predicted octanol–water partition coefficient (Wildman–Crippen LogP) is 4.45. The maximum Gasteiger partial charge on any atom is 0.293 e. The summed E-state index contributed by atoms with van der Waals surface area (Å²) in [6, 6.07) is 10.9. The molecule has 0 radical (unpaired) electrons. The van der Waals surface area contributed by atoms with Gasteiger partial charge in [-0.1, -0.05) is 29.8 Å². The van der Waals surface area contributed by atoms with Gasteiger partial charge in [-0.15, -0.1) is 5.10 Å². The third kappa shape index (κ3) is 4.31. The molecule has 3 aromatic heterocycles. The van der Waals surface area contributed by atoms with Gasteiger partial charge in [-0.25, -0.2) is 9.67 Å². The molecule has 0 saturated heterocycles. The van der Waals surface area contributed by atoms with E-state index in [2.05, 4.69) is 36.4 Å². The summed E-state index contributed by atoms with van der Waals surface area (Å²) >= 11 is 9.68. The maximum atomic E-state index is 12.5. The lowest BCUT2D eigenvalue weighted by Crippen LogP contribution is -2.13. The molecule has 3 heterocycles. The van der Waals surface area contributed by atoms with Crippen LogP contribution in [0.3, 0.4) is 0 Å². The third-order valence-electron chi connectivity index (χ3n) is 4.54. The van der Waals surface area contributed by atoms with E-state index in [0.29, 0.717) is 23.9 Å². The second kappa shape index (κ2) is 8.45. The van der Waals surface area contributed by atoms with Gasteiger partial charge in [-0.3, -0.25) is 14.8 Å². The fourth-order valence-corrected chi connectivity index (χ4v) is 3.43. The summed E-state index contributed by atoms with van der Waals surface area (Å²) in [6.07, 6.45) is 1.53. The molecule has 8 nitrogen and oxygen atoms in total. The fraction of sp³-hybridized carbons (Fsp3) is 0.200. The van der Waals surface area contributed by atoms with Crippen molar-refractivity contribution >= 4 is 39.4 Å². The smallest absolute Gasteiger partial charge is 0.293 e. The van der Waals surface area contributed by atoms with Gasteiger partial charge in [-0.05, 0) is 53.5 Å². The van der Waals surface area contributed by atoms with Crippen molar-refractivity contribution in [3.05, 3.63) is 80.7 Å². The van der Waals surface area contributed by atoms with Crippen molar-refractivity contribution < 1.29 is 9.21 Å². The summed E-state index contributed by atoms with van der Waals surface area (Å²) in [7, 11) is 0. The Balaban J connectivity index is 1.41. The highest BCUT2D eigenvalue weighted by molar-refractivity contribution is 9.10. The normalized spacial score (nSPS) is 11.1. The predicted molar refractivity (Wildman–Crippen MR) is 116 cm³/mol. The minimum absolute atomic E-state index is 0.174. The van der Waals surface area contributed by atoms with Crippen LogP contribution in [0, 0.1) is 13.8 Å². The first-order valence-corrected chi connectivity index (χ1v) is 10.3. The number of nitrogens with one attached hydrogen (secondary N) is 1. The van der Waals surface area contributed by atoms with Crippen LogP contribution in [0.25, 0.3) is 0 Å². The van der Waals surface area contributed by atoms with E-state index in [1.54, 1.807) is 16.8 Å². The van der Waals surface area contributed by atoms with Crippen molar-refractivity contribution in [3.63, 3.8) is 0 Å². The Kier molecular flexibility index (Phi) is 5.74. The number of rotatable bonds is 6. The molecule has 0 aliphatic rings. The molecular weight excluding hydrogens is 472 g/mol. The van der Waals surface area contributed by atoms with Crippen LogP contribution in [-0.4, -0.2) is 30.5 Å². The number of anilines is 1. The van der Waals surface area contributed by atoms with Crippen molar-refractivity contribution in [2.24, 2.45) is 0 Å². The number of nitrogens with zero attached hydrogens (tertiary/aromatic N) is 5. The average molecular weight is 490 g/mol. The minimum atomic E-state index is -0.425. The Morgan fingerprint density at radius 3 is 2.70 bits per heavy atom.